The first-order chi connectivity index (χ1) is 10.6. The first kappa shape index (κ1) is 16.2. The number of carbonyl (C=O) groups is 2. The van der Waals surface area contributed by atoms with Crippen LogP contribution in [0.2, 0.25) is 0 Å². The third-order valence-corrected chi connectivity index (χ3v) is 4.09. The topological polar surface area (TPSA) is 82.9 Å². The number of rotatable bonds is 6. The average molecular weight is 318 g/mol. The number of hydrazone groups is 2. The van der Waals surface area contributed by atoms with Crippen molar-refractivity contribution in [1.29, 1.82) is 0 Å². The van der Waals surface area contributed by atoms with E-state index in [1.807, 2.05) is 30.5 Å². The molecule has 2 N–H and O–H groups in total. The van der Waals surface area contributed by atoms with E-state index in [2.05, 4.69) is 21.1 Å². The Morgan fingerprint density at radius 3 is 2.77 bits per heavy atom. The molecule has 2 amide bonds. The summed E-state index contributed by atoms with van der Waals surface area (Å²) in [5, 5.41) is 7.76. The van der Waals surface area contributed by atoms with E-state index < -0.39 is 0 Å². The Morgan fingerprint density at radius 1 is 1.45 bits per heavy atom. The van der Waals surface area contributed by atoms with E-state index in [1.54, 1.807) is 24.9 Å². The normalized spacial score (nSPS) is 17.5. The molecule has 0 bridgehead atoms. The van der Waals surface area contributed by atoms with E-state index in [-0.39, 0.29) is 24.2 Å². The van der Waals surface area contributed by atoms with Gasteiger partial charge in [-0.3, -0.25) is 9.59 Å². The average Bonchev–Trinajstić information content (AvgIpc) is 2.84. The molecule has 0 radical (unpaired) electrons. The summed E-state index contributed by atoms with van der Waals surface area (Å²) in [6, 6.07) is 7.86. The molecule has 0 unspecified atom stereocenters. The summed E-state index contributed by atoms with van der Waals surface area (Å²) in [7, 11) is 0. The number of carbonyl (C=O) groups excluding carboxylic acids is 2. The van der Waals surface area contributed by atoms with E-state index in [1.165, 1.54) is 4.90 Å². The molecule has 1 heterocycles. The summed E-state index contributed by atoms with van der Waals surface area (Å²) in [5.74, 6) is -0.680. The number of amides is 2. The Labute approximate surface area is 133 Å². The zero-order valence-corrected chi connectivity index (χ0v) is 13.3. The number of benzene rings is 1. The first-order valence-electron chi connectivity index (χ1n) is 6.90. The van der Waals surface area contributed by atoms with Crippen LogP contribution in [0.15, 0.2) is 39.4 Å². The van der Waals surface area contributed by atoms with Gasteiger partial charge in [-0.2, -0.15) is 10.2 Å². The molecule has 6 nitrogen and oxygen atoms in total. The molecular formula is C15H18N4O2S. The highest BCUT2D eigenvalue weighted by molar-refractivity contribution is 7.98. The summed E-state index contributed by atoms with van der Waals surface area (Å²) in [6.45, 7) is 1.77. The minimum atomic E-state index is -0.311. The molecule has 1 atom stereocenters. The predicted molar refractivity (Wildman–Crippen MR) is 87.9 cm³/mol. The number of hydrogen-bond donors (Lipinski definition) is 2. The van der Waals surface area contributed by atoms with Crippen molar-refractivity contribution in [2.75, 3.05) is 6.26 Å². The standard InChI is InChI=1S/C15H18N4O2S/c1-10-13(15(21)19-17-10)7-8-14(20)18-16-9-11-3-5-12(22-2)6-4-11/h3-6,9,13H,7-8H2,1-2H3,(H,18,20)(H,19,21)/b16-9-/t13-/m0/s1. The number of thioether (sulfide) groups is 1. The van der Waals surface area contributed by atoms with Crippen LogP contribution in [-0.4, -0.2) is 30.0 Å². The molecule has 116 valence electrons. The van der Waals surface area contributed by atoms with Crippen LogP contribution in [0.3, 0.4) is 0 Å². The van der Waals surface area contributed by atoms with Crippen molar-refractivity contribution in [3.8, 4) is 0 Å². The molecule has 0 fully saturated rings. The van der Waals surface area contributed by atoms with Crippen LogP contribution in [-0.2, 0) is 9.59 Å². The van der Waals surface area contributed by atoms with Crippen molar-refractivity contribution >= 4 is 35.5 Å². The Kier molecular flexibility index (Phi) is 5.71. The molecule has 2 rings (SSSR count). The van der Waals surface area contributed by atoms with Gasteiger partial charge in [0, 0.05) is 17.0 Å². The van der Waals surface area contributed by atoms with Crippen LogP contribution in [0.1, 0.15) is 25.3 Å². The van der Waals surface area contributed by atoms with Crippen molar-refractivity contribution in [2.24, 2.45) is 16.1 Å². The van der Waals surface area contributed by atoms with E-state index in [9.17, 15) is 9.59 Å². The van der Waals surface area contributed by atoms with Gasteiger partial charge in [0.1, 0.15) is 0 Å². The maximum absolute atomic E-state index is 11.7. The zero-order chi connectivity index (χ0) is 15.9. The lowest BCUT2D eigenvalue weighted by molar-refractivity contribution is -0.123. The Bertz CT molecular complexity index is 610. The Hall–Kier alpha value is -2.15. The summed E-state index contributed by atoms with van der Waals surface area (Å²) >= 11 is 1.67. The number of nitrogens with one attached hydrogen (secondary N) is 2. The van der Waals surface area contributed by atoms with Gasteiger partial charge in [-0.05, 0) is 37.3 Å². The first-order valence-corrected chi connectivity index (χ1v) is 8.12. The summed E-state index contributed by atoms with van der Waals surface area (Å²) < 4.78 is 0. The molecule has 0 aromatic heterocycles. The quantitative estimate of drug-likeness (QED) is 0.476. The second-order valence-electron chi connectivity index (χ2n) is 4.89. The van der Waals surface area contributed by atoms with Crippen LogP contribution in [0.5, 0.6) is 0 Å². The molecule has 1 aromatic carbocycles. The maximum Gasteiger partial charge on any atom is 0.248 e. The zero-order valence-electron chi connectivity index (χ0n) is 12.5. The van der Waals surface area contributed by atoms with Gasteiger partial charge in [-0.15, -0.1) is 11.8 Å². The number of hydrogen-bond acceptors (Lipinski definition) is 5. The van der Waals surface area contributed by atoms with Crippen LogP contribution in [0.4, 0.5) is 0 Å². The van der Waals surface area contributed by atoms with Gasteiger partial charge in [-0.1, -0.05) is 12.1 Å². The SMILES string of the molecule is CSc1ccc(/C=N\NC(=O)CC[C@@H]2C(=O)NN=C2C)cc1. The van der Waals surface area contributed by atoms with E-state index in [0.717, 1.165) is 11.3 Å². The van der Waals surface area contributed by atoms with Gasteiger partial charge >= 0.3 is 0 Å². The maximum atomic E-state index is 11.7. The molecule has 0 aliphatic carbocycles. The fourth-order valence-electron chi connectivity index (χ4n) is 2.03. The fraction of sp³-hybridized carbons (Fsp3) is 0.333. The van der Waals surface area contributed by atoms with Crippen molar-refractivity contribution in [2.45, 2.75) is 24.7 Å². The lowest BCUT2D eigenvalue weighted by Crippen LogP contribution is -2.25. The van der Waals surface area contributed by atoms with Crippen LogP contribution < -0.4 is 10.9 Å². The van der Waals surface area contributed by atoms with Gasteiger partial charge in [0.05, 0.1) is 12.1 Å². The molecule has 1 aromatic rings. The van der Waals surface area contributed by atoms with Crippen molar-refractivity contribution < 1.29 is 9.59 Å². The molecule has 1 aliphatic rings. The Balaban J connectivity index is 1.76. The highest BCUT2D eigenvalue weighted by atomic mass is 32.2. The van der Waals surface area contributed by atoms with Gasteiger partial charge in [0.2, 0.25) is 11.8 Å². The third kappa shape index (κ3) is 4.42. The Morgan fingerprint density at radius 2 is 2.18 bits per heavy atom. The summed E-state index contributed by atoms with van der Waals surface area (Å²) in [6.07, 6.45) is 4.27. The van der Waals surface area contributed by atoms with Crippen LogP contribution in [0, 0.1) is 5.92 Å². The second-order valence-corrected chi connectivity index (χ2v) is 5.77. The van der Waals surface area contributed by atoms with Crippen molar-refractivity contribution in [3.05, 3.63) is 29.8 Å². The minimum absolute atomic E-state index is 0.150. The van der Waals surface area contributed by atoms with Crippen LogP contribution in [0.25, 0.3) is 0 Å². The second kappa shape index (κ2) is 7.74. The molecule has 0 saturated heterocycles. The fourth-order valence-corrected chi connectivity index (χ4v) is 2.44. The summed E-state index contributed by atoms with van der Waals surface area (Å²) in [4.78, 5) is 24.3. The molecule has 22 heavy (non-hydrogen) atoms. The minimum Gasteiger partial charge on any atom is -0.273 e. The smallest absolute Gasteiger partial charge is 0.248 e. The molecule has 0 saturated carbocycles. The molecule has 0 spiro atoms. The van der Waals surface area contributed by atoms with E-state index in [4.69, 9.17) is 0 Å². The summed E-state index contributed by atoms with van der Waals surface area (Å²) in [5.41, 5.74) is 6.50. The lowest BCUT2D eigenvalue weighted by Gasteiger charge is -2.06. The lowest BCUT2D eigenvalue weighted by atomic mass is 9.99. The van der Waals surface area contributed by atoms with Gasteiger partial charge < -0.3 is 0 Å². The highest BCUT2D eigenvalue weighted by Crippen LogP contribution is 2.14. The molecule has 7 heteroatoms. The monoisotopic (exact) mass is 318 g/mol. The van der Waals surface area contributed by atoms with Gasteiger partial charge in [-0.25, -0.2) is 10.9 Å². The predicted octanol–water partition coefficient (Wildman–Crippen LogP) is 1.76. The van der Waals surface area contributed by atoms with Gasteiger partial charge in [0.25, 0.3) is 0 Å². The van der Waals surface area contributed by atoms with Crippen molar-refractivity contribution in [1.82, 2.24) is 10.9 Å². The van der Waals surface area contributed by atoms with E-state index >= 15 is 0 Å². The molecular weight excluding hydrogens is 300 g/mol. The molecule has 1 aliphatic heterocycles. The van der Waals surface area contributed by atoms with Gasteiger partial charge in [0.15, 0.2) is 0 Å². The van der Waals surface area contributed by atoms with E-state index in [0.29, 0.717) is 6.42 Å². The third-order valence-electron chi connectivity index (χ3n) is 3.34. The number of nitrogens with zero attached hydrogens (tertiary/aromatic N) is 2. The largest absolute Gasteiger partial charge is 0.273 e. The highest BCUT2D eigenvalue weighted by Gasteiger charge is 2.26. The van der Waals surface area contributed by atoms with Crippen molar-refractivity contribution in [3.63, 3.8) is 0 Å². The van der Waals surface area contributed by atoms with Crippen LogP contribution >= 0.6 is 11.8 Å².